The summed E-state index contributed by atoms with van der Waals surface area (Å²) >= 11 is 0. The smallest absolute Gasteiger partial charge is 0.172 e. The molecule has 0 saturated carbocycles. The molecule has 0 fully saturated rings. The topological polar surface area (TPSA) is 60.7 Å². The number of aldehydes is 1. The third-order valence-electron chi connectivity index (χ3n) is 3.72. The fraction of sp³-hybridized carbons (Fsp3) is 0.222. The van der Waals surface area contributed by atoms with Gasteiger partial charge in [-0.3, -0.25) is 9.78 Å². The molecule has 0 bridgehead atoms. The van der Waals surface area contributed by atoms with Gasteiger partial charge < -0.3 is 0 Å². The van der Waals surface area contributed by atoms with E-state index in [1.54, 1.807) is 17.1 Å². The number of aromatic nitrogens is 4. The minimum Gasteiger partial charge on any atom is -0.296 e. The van der Waals surface area contributed by atoms with Gasteiger partial charge in [0.25, 0.3) is 0 Å². The fourth-order valence-electron chi connectivity index (χ4n) is 2.43. The molecule has 116 valence electrons. The highest BCUT2D eigenvalue weighted by atomic mass is 16.1. The zero-order chi connectivity index (χ0) is 16.4. The Morgan fingerprint density at radius 1 is 1.09 bits per heavy atom. The number of hydrogen-bond acceptors (Lipinski definition) is 4. The lowest BCUT2D eigenvalue weighted by Gasteiger charge is -2.19. The minimum atomic E-state index is 0.0844. The highest BCUT2D eigenvalue weighted by molar-refractivity contribution is 5.83. The molecule has 0 aliphatic heterocycles. The molecule has 3 aromatic rings. The Morgan fingerprint density at radius 2 is 1.83 bits per heavy atom. The van der Waals surface area contributed by atoms with E-state index in [4.69, 9.17) is 0 Å². The normalized spacial score (nSPS) is 11.4. The molecule has 1 aromatic carbocycles. The number of benzene rings is 1. The van der Waals surface area contributed by atoms with E-state index in [2.05, 4.69) is 48.2 Å². The van der Waals surface area contributed by atoms with Crippen molar-refractivity contribution in [1.29, 1.82) is 0 Å². The van der Waals surface area contributed by atoms with Gasteiger partial charge in [-0.1, -0.05) is 38.1 Å². The van der Waals surface area contributed by atoms with Crippen molar-refractivity contribution in [3.63, 3.8) is 0 Å². The van der Waals surface area contributed by atoms with Crippen LogP contribution in [0.25, 0.3) is 16.9 Å². The maximum Gasteiger partial charge on any atom is 0.172 e. The average molecular weight is 306 g/mol. The molecule has 2 aromatic heterocycles. The van der Waals surface area contributed by atoms with Crippen molar-refractivity contribution < 1.29 is 4.79 Å². The van der Waals surface area contributed by atoms with Crippen molar-refractivity contribution in [2.24, 2.45) is 0 Å². The van der Waals surface area contributed by atoms with E-state index in [0.717, 1.165) is 17.5 Å². The molecule has 0 radical (unpaired) electrons. The van der Waals surface area contributed by atoms with Crippen LogP contribution in [0.4, 0.5) is 0 Å². The summed E-state index contributed by atoms with van der Waals surface area (Å²) in [5.74, 6) is 0. The number of nitrogens with zero attached hydrogens (tertiary/aromatic N) is 4. The van der Waals surface area contributed by atoms with Crippen LogP contribution in [0.3, 0.4) is 0 Å². The van der Waals surface area contributed by atoms with Crippen molar-refractivity contribution in [2.75, 3.05) is 0 Å². The molecule has 0 aliphatic rings. The monoisotopic (exact) mass is 306 g/mol. The molecule has 5 nitrogen and oxygen atoms in total. The molecule has 0 unspecified atom stereocenters. The van der Waals surface area contributed by atoms with E-state index in [1.165, 1.54) is 5.56 Å². The summed E-state index contributed by atoms with van der Waals surface area (Å²) in [7, 11) is 0. The number of carbonyl (C=O) groups excluding carboxylic acids is 1. The molecule has 0 atom stereocenters. The number of carbonyl (C=O) groups is 1. The summed E-state index contributed by atoms with van der Waals surface area (Å²) in [5.41, 5.74) is 3.94. The van der Waals surface area contributed by atoms with Crippen LogP contribution in [-0.4, -0.2) is 26.3 Å². The van der Waals surface area contributed by atoms with Crippen LogP contribution < -0.4 is 0 Å². The maximum atomic E-state index is 11.3. The van der Waals surface area contributed by atoms with Gasteiger partial charge in [-0.25, -0.2) is 4.68 Å². The van der Waals surface area contributed by atoms with Gasteiger partial charge in [0.1, 0.15) is 5.69 Å². The summed E-state index contributed by atoms with van der Waals surface area (Å²) < 4.78 is 1.67. The third-order valence-corrected chi connectivity index (χ3v) is 3.72. The second-order valence-electron chi connectivity index (χ2n) is 6.39. The summed E-state index contributed by atoms with van der Waals surface area (Å²) in [5, 5.41) is 8.11. The van der Waals surface area contributed by atoms with Gasteiger partial charge in [0.05, 0.1) is 5.69 Å². The summed E-state index contributed by atoms with van der Waals surface area (Å²) in [6.45, 7) is 6.51. The van der Waals surface area contributed by atoms with Crippen LogP contribution in [0.1, 0.15) is 36.8 Å². The molecule has 0 spiro atoms. The van der Waals surface area contributed by atoms with Crippen LogP contribution in [0.2, 0.25) is 0 Å². The van der Waals surface area contributed by atoms with Gasteiger partial charge in [-0.15, -0.1) is 5.10 Å². The third kappa shape index (κ3) is 2.90. The molecule has 5 heteroatoms. The van der Waals surface area contributed by atoms with Crippen LogP contribution in [0.5, 0.6) is 0 Å². The highest BCUT2D eigenvalue weighted by Gasteiger charge is 2.17. The Hall–Kier alpha value is -2.82. The number of pyridine rings is 1. The van der Waals surface area contributed by atoms with Crippen molar-refractivity contribution in [1.82, 2.24) is 20.0 Å². The largest absolute Gasteiger partial charge is 0.296 e. The van der Waals surface area contributed by atoms with Gasteiger partial charge >= 0.3 is 0 Å². The lowest BCUT2D eigenvalue weighted by atomic mass is 9.87. The molecule has 23 heavy (non-hydrogen) atoms. The van der Waals surface area contributed by atoms with Gasteiger partial charge in [0.15, 0.2) is 12.0 Å². The van der Waals surface area contributed by atoms with E-state index in [9.17, 15) is 4.79 Å². The Bertz CT molecular complexity index is 814. The lowest BCUT2D eigenvalue weighted by Crippen LogP contribution is -2.11. The molecule has 0 aliphatic carbocycles. The predicted octanol–water partition coefficient (Wildman–Crippen LogP) is 3.44. The summed E-state index contributed by atoms with van der Waals surface area (Å²) in [6.07, 6.45) is 4.11. The predicted molar refractivity (Wildman–Crippen MR) is 88.7 cm³/mol. The van der Waals surface area contributed by atoms with Gasteiger partial charge in [0, 0.05) is 18.0 Å². The quantitative estimate of drug-likeness (QED) is 0.695. The number of rotatable bonds is 3. The van der Waals surface area contributed by atoms with Crippen molar-refractivity contribution in [2.45, 2.75) is 26.2 Å². The first kappa shape index (κ1) is 15.1. The maximum absolute atomic E-state index is 11.3. The summed E-state index contributed by atoms with van der Waals surface area (Å²) in [6, 6.07) is 11.8. The Morgan fingerprint density at radius 3 is 2.39 bits per heavy atom. The van der Waals surface area contributed by atoms with Gasteiger partial charge in [-0.05, 0) is 35.2 Å². The standard InChI is InChI=1S/C18H18N4O/c1-18(2,3)14-6-8-15(9-7-14)22-17(16(12-23)20-21-22)13-5-4-10-19-11-13/h4-12H,1-3H3. The van der Waals surface area contributed by atoms with E-state index in [0.29, 0.717) is 11.4 Å². The Balaban J connectivity index is 2.11. The van der Waals surface area contributed by atoms with Crippen molar-refractivity contribution in [3.05, 3.63) is 60.0 Å². The Kier molecular flexibility index (Phi) is 3.78. The second-order valence-corrected chi connectivity index (χ2v) is 6.39. The zero-order valence-corrected chi connectivity index (χ0v) is 13.4. The molecular weight excluding hydrogens is 288 g/mol. The van der Waals surface area contributed by atoms with Crippen LogP contribution in [0, 0.1) is 0 Å². The van der Waals surface area contributed by atoms with Crippen LogP contribution >= 0.6 is 0 Å². The van der Waals surface area contributed by atoms with Gasteiger partial charge in [0.2, 0.25) is 0 Å². The minimum absolute atomic E-state index is 0.0844. The fourth-order valence-corrected chi connectivity index (χ4v) is 2.43. The summed E-state index contributed by atoms with van der Waals surface area (Å²) in [4.78, 5) is 15.4. The van der Waals surface area contributed by atoms with E-state index >= 15 is 0 Å². The Labute approximate surface area is 135 Å². The second kappa shape index (κ2) is 5.76. The molecule has 3 rings (SSSR count). The molecule has 0 N–H and O–H groups in total. The highest BCUT2D eigenvalue weighted by Crippen LogP contribution is 2.26. The molecular formula is C18H18N4O. The van der Waals surface area contributed by atoms with E-state index in [-0.39, 0.29) is 5.41 Å². The zero-order valence-electron chi connectivity index (χ0n) is 13.4. The first-order valence-corrected chi connectivity index (χ1v) is 7.43. The van der Waals surface area contributed by atoms with Gasteiger partial charge in [-0.2, -0.15) is 0 Å². The first-order valence-electron chi connectivity index (χ1n) is 7.43. The van der Waals surface area contributed by atoms with Crippen molar-refractivity contribution >= 4 is 6.29 Å². The SMILES string of the molecule is CC(C)(C)c1ccc(-n2nnc(C=O)c2-c2cccnc2)cc1. The van der Waals surface area contributed by atoms with E-state index < -0.39 is 0 Å². The molecule has 2 heterocycles. The van der Waals surface area contributed by atoms with Crippen molar-refractivity contribution in [3.8, 4) is 16.9 Å². The average Bonchev–Trinajstić information content (AvgIpc) is 2.99. The van der Waals surface area contributed by atoms with E-state index in [1.807, 2.05) is 24.3 Å². The molecule has 0 saturated heterocycles. The first-order chi connectivity index (χ1) is 11.0. The lowest BCUT2D eigenvalue weighted by molar-refractivity contribution is 0.111. The molecule has 0 amide bonds. The van der Waals surface area contributed by atoms with Crippen LogP contribution in [-0.2, 0) is 5.41 Å². The van der Waals surface area contributed by atoms with Crippen LogP contribution in [0.15, 0.2) is 48.8 Å². The number of hydrogen-bond donors (Lipinski definition) is 0.